The first-order valence-corrected chi connectivity index (χ1v) is 7.64. The summed E-state index contributed by atoms with van der Waals surface area (Å²) in [6.07, 6.45) is 3.48. The Morgan fingerprint density at radius 1 is 1.20 bits per heavy atom. The molecular formula is C18H17N5O2. The van der Waals surface area contributed by atoms with Gasteiger partial charge in [0.15, 0.2) is 11.6 Å². The van der Waals surface area contributed by atoms with Crippen LogP contribution in [0.3, 0.4) is 0 Å². The fourth-order valence-electron chi connectivity index (χ4n) is 2.25. The predicted molar refractivity (Wildman–Crippen MR) is 94.8 cm³/mol. The van der Waals surface area contributed by atoms with Crippen LogP contribution >= 0.6 is 0 Å². The van der Waals surface area contributed by atoms with E-state index in [0.717, 1.165) is 17.1 Å². The molecule has 0 fully saturated rings. The molecule has 0 saturated carbocycles. The maximum atomic E-state index is 11.4. The topological polar surface area (TPSA) is 81.9 Å². The van der Waals surface area contributed by atoms with Crippen LogP contribution in [0, 0.1) is 0 Å². The average molecular weight is 335 g/mol. The molecule has 0 atom stereocenters. The second-order valence-electron chi connectivity index (χ2n) is 5.26. The molecule has 0 aliphatic rings. The summed E-state index contributed by atoms with van der Waals surface area (Å²) in [6.45, 7) is 1.54. The summed E-state index contributed by atoms with van der Waals surface area (Å²) in [5.41, 5.74) is 2.29. The maximum Gasteiger partial charge on any atom is 0.181 e. The summed E-state index contributed by atoms with van der Waals surface area (Å²) >= 11 is 0. The van der Waals surface area contributed by atoms with Crippen molar-refractivity contribution in [1.29, 1.82) is 0 Å². The Morgan fingerprint density at radius 2 is 2.00 bits per heavy atom. The van der Waals surface area contributed by atoms with Crippen LogP contribution in [0.2, 0.25) is 0 Å². The van der Waals surface area contributed by atoms with E-state index >= 15 is 0 Å². The van der Waals surface area contributed by atoms with Gasteiger partial charge in [0.1, 0.15) is 5.75 Å². The molecule has 0 aliphatic carbocycles. The van der Waals surface area contributed by atoms with E-state index in [1.807, 2.05) is 36.4 Å². The van der Waals surface area contributed by atoms with Gasteiger partial charge >= 0.3 is 0 Å². The lowest BCUT2D eigenvalue weighted by Crippen LogP contribution is -2.00. The second kappa shape index (κ2) is 7.39. The number of nitrogens with zero attached hydrogens (tertiary/aromatic N) is 4. The molecule has 7 nitrogen and oxygen atoms in total. The zero-order chi connectivity index (χ0) is 17.6. The molecule has 0 radical (unpaired) electrons. The lowest BCUT2D eigenvalue weighted by molar-refractivity contribution is 0.101. The third-order valence-corrected chi connectivity index (χ3v) is 3.56. The van der Waals surface area contributed by atoms with E-state index < -0.39 is 0 Å². The number of carbonyl (C=O) groups is 1. The van der Waals surface area contributed by atoms with Gasteiger partial charge in [-0.05, 0) is 53.7 Å². The third-order valence-electron chi connectivity index (χ3n) is 3.56. The molecule has 0 spiro atoms. The van der Waals surface area contributed by atoms with Gasteiger partial charge in [-0.1, -0.05) is 12.1 Å². The Balaban J connectivity index is 1.75. The van der Waals surface area contributed by atoms with E-state index in [-0.39, 0.29) is 5.78 Å². The highest BCUT2D eigenvalue weighted by molar-refractivity contribution is 5.94. The van der Waals surface area contributed by atoms with Gasteiger partial charge in [-0.3, -0.25) is 4.79 Å². The Labute approximate surface area is 144 Å². The summed E-state index contributed by atoms with van der Waals surface area (Å²) in [5.74, 6) is 1.36. The van der Waals surface area contributed by atoms with Gasteiger partial charge < -0.3 is 10.1 Å². The molecule has 0 amide bonds. The standard InChI is InChI=1S/C18H17N5O2/c1-13(24)14-4-3-5-15(12-14)19-11-10-18-20-21-22-23(18)16-6-8-17(25-2)9-7-16/h3-12,19H,1-2H3. The number of hydrogen-bond acceptors (Lipinski definition) is 6. The van der Waals surface area contributed by atoms with Crippen molar-refractivity contribution in [1.82, 2.24) is 20.2 Å². The van der Waals surface area contributed by atoms with Crippen LogP contribution in [0.4, 0.5) is 5.69 Å². The summed E-state index contributed by atoms with van der Waals surface area (Å²) in [5, 5.41) is 14.8. The first-order chi connectivity index (χ1) is 12.2. The summed E-state index contributed by atoms with van der Waals surface area (Å²) in [4.78, 5) is 11.4. The van der Waals surface area contributed by atoms with Crippen LogP contribution in [0.15, 0.2) is 54.7 Å². The van der Waals surface area contributed by atoms with Crippen LogP contribution in [0.1, 0.15) is 23.1 Å². The average Bonchev–Trinajstić information content (AvgIpc) is 3.10. The number of tetrazole rings is 1. The number of carbonyl (C=O) groups excluding carboxylic acids is 1. The predicted octanol–water partition coefficient (Wildman–Crippen LogP) is 2.96. The highest BCUT2D eigenvalue weighted by Crippen LogP contribution is 2.16. The summed E-state index contributed by atoms with van der Waals surface area (Å²) < 4.78 is 6.76. The number of anilines is 1. The highest BCUT2D eigenvalue weighted by Gasteiger charge is 2.05. The van der Waals surface area contributed by atoms with E-state index in [1.165, 1.54) is 6.92 Å². The van der Waals surface area contributed by atoms with Crippen molar-refractivity contribution >= 4 is 17.5 Å². The van der Waals surface area contributed by atoms with Crippen molar-refractivity contribution in [2.24, 2.45) is 0 Å². The van der Waals surface area contributed by atoms with E-state index in [0.29, 0.717) is 11.4 Å². The SMILES string of the molecule is COc1ccc(-n2nnnc2C=CNc2cccc(C(C)=O)c2)cc1. The third kappa shape index (κ3) is 3.89. The van der Waals surface area contributed by atoms with E-state index in [2.05, 4.69) is 20.8 Å². The van der Waals surface area contributed by atoms with Crippen molar-refractivity contribution in [2.75, 3.05) is 12.4 Å². The highest BCUT2D eigenvalue weighted by atomic mass is 16.5. The minimum atomic E-state index is 0.0241. The second-order valence-corrected chi connectivity index (χ2v) is 5.26. The molecule has 3 rings (SSSR count). The number of rotatable bonds is 6. The molecule has 0 unspecified atom stereocenters. The quantitative estimate of drug-likeness (QED) is 0.698. The summed E-state index contributed by atoms with van der Waals surface area (Å²) in [7, 11) is 1.62. The smallest absolute Gasteiger partial charge is 0.181 e. The number of Topliss-reactive ketones (excluding diaryl/α,β-unsaturated/α-hetero) is 1. The van der Waals surface area contributed by atoms with Gasteiger partial charge in [-0.15, -0.1) is 5.10 Å². The van der Waals surface area contributed by atoms with Gasteiger partial charge in [0, 0.05) is 23.5 Å². The number of nitrogens with one attached hydrogen (secondary N) is 1. The van der Waals surface area contributed by atoms with Crippen molar-refractivity contribution < 1.29 is 9.53 Å². The van der Waals surface area contributed by atoms with Gasteiger partial charge in [0.25, 0.3) is 0 Å². The first-order valence-electron chi connectivity index (χ1n) is 7.64. The first kappa shape index (κ1) is 16.4. The number of methoxy groups -OCH3 is 1. The molecule has 0 aliphatic heterocycles. The van der Waals surface area contributed by atoms with E-state index in [4.69, 9.17) is 4.74 Å². The molecule has 7 heteroatoms. The van der Waals surface area contributed by atoms with Gasteiger partial charge in [0.2, 0.25) is 0 Å². The Bertz CT molecular complexity index is 900. The Kier molecular flexibility index (Phi) is 4.84. The number of aromatic nitrogens is 4. The molecule has 0 bridgehead atoms. The summed E-state index contributed by atoms with van der Waals surface area (Å²) in [6, 6.07) is 14.7. The van der Waals surface area contributed by atoms with Gasteiger partial charge in [-0.25, -0.2) is 0 Å². The molecule has 2 aromatic carbocycles. The minimum absolute atomic E-state index is 0.0241. The molecule has 1 aromatic heterocycles. The van der Waals surface area contributed by atoms with Crippen LogP contribution in [-0.2, 0) is 0 Å². The number of benzene rings is 2. The Hall–Kier alpha value is -3.48. The van der Waals surface area contributed by atoms with Crippen molar-refractivity contribution in [2.45, 2.75) is 6.92 Å². The molecular weight excluding hydrogens is 318 g/mol. The molecule has 3 aromatic rings. The number of ether oxygens (including phenoxy) is 1. The van der Waals surface area contributed by atoms with Crippen LogP contribution in [-0.4, -0.2) is 33.1 Å². The fourth-order valence-corrected chi connectivity index (χ4v) is 2.25. The van der Waals surface area contributed by atoms with Crippen molar-refractivity contribution in [3.63, 3.8) is 0 Å². The van der Waals surface area contributed by atoms with Gasteiger partial charge in [-0.2, -0.15) is 4.68 Å². The normalized spacial score (nSPS) is 10.8. The maximum absolute atomic E-state index is 11.4. The zero-order valence-electron chi connectivity index (χ0n) is 13.9. The van der Waals surface area contributed by atoms with E-state index in [1.54, 1.807) is 36.2 Å². The van der Waals surface area contributed by atoms with Crippen LogP contribution < -0.4 is 10.1 Å². The number of hydrogen-bond donors (Lipinski definition) is 1. The van der Waals surface area contributed by atoms with Crippen molar-refractivity contribution in [3.05, 3.63) is 66.1 Å². The largest absolute Gasteiger partial charge is 0.497 e. The van der Waals surface area contributed by atoms with Crippen LogP contribution in [0.25, 0.3) is 11.8 Å². The molecule has 126 valence electrons. The number of ketones is 1. The lowest BCUT2D eigenvalue weighted by Gasteiger charge is -2.04. The monoisotopic (exact) mass is 335 g/mol. The molecule has 1 heterocycles. The minimum Gasteiger partial charge on any atom is -0.497 e. The fraction of sp³-hybridized carbons (Fsp3) is 0.111. The molecule has 0 saturated heterocycles. The van der Waals surface area contributed by atoms with Gasteiger partial charge in [0.05, 0.1) is 12.8 Å². The van der Waals surface area contributed by atoms with Crippen molar-refractivity contribution in [3.8, 4) is 11.4 Å². The zero-order valence-corrected chi connectivity index (χ0v) is 13.9. The molecule has 1 N–H and O–H groups in total. The molecule has 25 heavy (non-hydrogen) atoms. The van der Waals surface area contributed by atoms with E-state index in [9.17, 15) is 4.79 Å². The lowest BCUT2D eigenvalue weighted by atomic mass is 10.1. The Morgan fingerprint density at radius 3 is 2.72 bits per heavy atom. The van der Waals surface area contributed by atoms with Crippen LogP contribution in [0.5, 0.6) is 5.75 Å².